The molecule has 0 bridgehead atoms. The van der Waals surface area contributed by atoms with E-state index in [0.717, 1.165) is 29.7 Å². The molecule has 142 valence electrons. The van der Waals surface area contributed by atoms with E-state index >= 15 is 0 Å². The fourth-order valence-corrected chi connectivity index (χ4v) is 3.33. The fourth-order valence-electron chi connectivity index (χ4n) is 3.33. The number of ether oxygens (including phenoxy) is 1. The van der Waals surface area contributed by atoms with E-state index in [1.807, 2.05) is 19.2 Å². The highest BCUT2D eigenvalue weighted by atomic mass is 16.5. The molecule has 1 amide bonds. The predicted molar refractivity (Wildman–Crippen MR) is 99.4 cm³/mol. The summed E-state index contributed by atoms with van der Waals surface area (Å²) in [7, 11) is 1.89. The summed E-state index contributed by atoms with van der Waals surface area (Å²) in [5.41, 5.74) is 2.07. The zero-order valence-corrected chi connectivity index (χ0v) is 15.2. The number of amides is 1. The Morgan fingerprint density at radius 1 is 1.30 bits per heavy atom. The van der Waals surface area contributed by atoms with Crippen molar-refractivity contribution in [3.63, 3.8) is 0 Å². The van der Waals surface area contributed by atoms with Crippen molar-refractivity contribution in [1.29, 1.82) is 0 Å². The molecule has 0 aliphatic carbocycles. The highest BCUT2D eigenvalue weighted by Crippen LogP contribution is 2.33. The number of nitrogens with zero attached hydrogens (tertiary/aromatic N) is 7. The standard InChI is InChI=1S/C17H22N8O2/c1-23-13-4-2-5-14(24-8-10-27-11-9-24)16(13)17(20-23)19-15(26)6-3-7-25-12-18-21-22-25/h2,4-5,12H,3,6-11H2,1H3,(H,19,20,26). The second-order valence-electron chi connectivity index (χ2n) is 6.47. The monoisotopic (exact) mass is 370 g/mol. The van der Waals surface area contributed by atoms with Gasteiger partial charge < -0.3 is 15.0 Å². The molecule has 3 aromatic rings. The van der Waals surface area contributed by atoms with Crippen molar-refractivity contribution in [2.75, 3.05) is 36.5 Å². The molecule has 1 aliphatic rings. The van der Waals surface area contributed by atoms with Crippen molar-refractivity contribution in [2.45, 2.75) is 19.4 Å². The minimum atomic E-state index is -0.0696. The van der Waals surface area contributed by atoms with Crippen LogP contribution >= 0.6 is 0 Å². The van der Waals surface area contributed by atoms with Gasteiger partial charge in [0.2, 0.25) is 5.91 Å². The lowest BCUT2D eigenvalue weighted by Crippen LogP contribution is -2.36. The largest absolute Gasteiger partial charge is 0.378 e. The molecule has 10 nitrogen and oxygen atoms in total. The molecule has 0 radical (unpaired) electrons. The maximum atomic E-state index is 12.4. The maximum Gasteiger partial charge on any atom is 0.225 e. The van der Waals surface area contributed by atoms with Crippen molar-refractivity contribution in [3.05, 3.63) is 24.5 Å². The molecule has 3 heterocycles. The molecule has 27 heavy (non-hydrogen) atoms. The van der Waals surface area contributed by atoms with E-state index in [2.05, 4.69) is 36.9 Å². The van der Waals surface area contributed by atoms with E-state index in [9.17, 15) is 4.79 Å². The second-order valence-corrected chi connectivity index (χ2v) is 6.47. The number of carbonyl (C=O) groups is 1. The number of rotatable bonds is 6. The summed E-state index contributed by atoms with van der Waals surface area (Å²) in [4.78, 5) is 14.7. The molecule has 0 atom stereocenters. The van der Waals surface area contributed by atoms with Gasteiger partial charge in [-0.3, -0.25) is 9.48 Å². The molecule has 1 fully saturated rings. The zero-order valence-electron chi connectivity index (χ0n) is 15.2. The molecule has 1 aliphatic heterocycles. The summed E-state index contributed by atoms with van der Waals surface area (Å²) in [6.45, 7) is 3.66. The number of nitrogens with one attached hydrogen (secondary N) is 1. The lowest BCUT2D eigenvalue weighted by atomic mass is 10.1. The first kappa shape index (κ1) is 17.4. The van der Waals surface area contributed by atoms with Gasteiger partial charge in [-0.15, -0.1) is 5.10 Å². The molecule has 1 aromatic carbocycles. The van der Waals surface area contributed by atoms with Gasteiger partial charge in [0.15, 0.2) is 5.82 Å². The third kappa shape index (κ3) is 3.75. The minimum Gasteiger partial charge on any atom is -0.378 e. The summed E-state index contributed by atoms with van der Waals surface area (Å²) < 4.78 is 8.87. The van der Waals surface area contributed by atoms with Crippen LogP contribution in [0.5, 0.6) is 0 Å². The summed E-state index contributed by atoms with van der Waals surface area (Å²) in [5.74, 6) is 0.530. The predicted octanol–water partition coefficient (Wildman–Crippen LogP) is 0.815. The van der Waals surface area contributed by atoms with Crippen LogP contribution in [0, 0.1) is 0 Å². The Balaban J connectivity index is 1.51. The SMILES string of the molecule is Cn1nc(NC(=O)CCCn2cnnn2)c2c(N3CCOCC3)cccc21. The first-order valence-corrected chi connectivity index (χ1v) is 9.01. The summed E-state index contributed by atoms with van der Waals surface area (Å²) in [6.07, 6.45) is 2.56. The molecule has 0 unspecified atom stereocenters. The molecule has 1 N–H and O–H groups in total. The molecule has 10 heteroatoms. The third-order valence-corrected chi connectivity index (χ3v) is 4.65. The number of tetrazole rings is 1. The van der Waals surface area contributed by atoms with Crippen molar-refractivity contribution < 1.29 is 9.53 Å². The van der Waals surface area contributed by atoms with Crippen molar-refractivity contribution in [2.24, 2.45) is 7.05 Å². The van der Waals surface area contributed by atoms with Crippen molar-refractivity contribution in [1.82, 2.24) is 30.0 Å². The van der Waals surface area contributed by atoms with Crippen LogP contribution in [0.4, 0.5) is 11.5 Å². The molecule has 4 rings (SSSR count). The molecule has 0 spiro atoms. The molecular weight excluding hydrogens is 348 g/mol. The minimum absolute atomic E-state index is 0.0696. The van der Waals surface area contributed by atoms with Crippen molar-refractivity contribution in [3.8, 4) is 0 Å². The van der Waals surface area contributed by atoms with Crippen LogP contribution in [0.2, 0.25) is 0 Å². The number of hydrogen-bond acceptors (Lipinski definition) is 7. The fraction of sp³-hybridized carbons (Fsp3) is 0.471. The number of fused-ring (bicyclic) bond motifs is 1. The molecule has 1 saturated heterocycles. The van der Waals surface area contributed by atoms with Gasteiger partial charge >= 0.3 is 0 Å². The Bertz CT molecular complexity index is 915. The number of benzene rings is 1. The number of morpholine rings is 1. The number of anilines is 2. The van der Waals surface area contributed by atoms with Crippen LogP contribution in [-0.2, 0) is 23.1 Å². The number of aryl methyl sites for hydroxylation is 2. The van der Waals surface area contributed by atoms with Crippen LogP contribution in [0.1, 0.15) is 12.8 Å². The number of hydrogen-bond donors (Lipinski definition) is 1. The van der Waals surface area contributed by atoms with E-state index in [4.69, 9.17) is 4.74 Å². The van der Waals surface area contributed by atoms with E-state index in [1.165, 1.54) is 0 Å². The molecule has 2 aromatic heterocycles. The first-order valence-electron chi connectivity index (χ1n) is 9.01. The second kappa shape index (κ2) is 7.70. The van der Waals surface area contributed by atoms with Gasteiger partial charge in [-0.05, 0) is 29.0 Å². The first-order chi connectivity index (χ1) is 13.2. The number of aromatic nitrogens is 6. The summed E-state index contributed by atoms with van der Waals surface area (Å²) in [6, 6.07) is 6.11. The zero-order chi connectivity index (χ0) is 18.6. The van der Waals surface area contributed by atoms with Crippen LogP contribution in [0.25, 0.3) is 10.9 Å². The van der Waals surface area contributed by atoms with Crippen LogP contribution in [0.3, 0.4) is 0 Å². The van der Waals surface area contributed by atoms with E-state index in [1.54, 1.807) is 15.7 Å². The lowest BCUT2D eigenvalue weighted by molar-refractivity contribution is -0.116. The van der Waals surface area contributed by atoms with Gasteiger partial charge in [-0.2, -0.15) is 5.10 Å². The Morgan fingerprint density at radius 2 is 2.15 bits per heavy atom. The average Bonchev–Trinajstić information content (AvgIpc) is 3.31. The van der Waals surface area contributed by atoms with Gasteiger partial charge in [0.05, 0.1) is 29.8 Å². The van der Waals surface area contributed by atoms with Gasteiger partial charge in [-0.1, -0.05) is 6.07 Å². The van der Waals surface area contributed by atoms with E-state index in [-0.39, 0.29) is 5.91 Å². The smallest absolute Gasteiger partial charge is 0.225 e. The van der Waals surface area contributed by atoms with Crippen LogP contribution < -0.4 is 10.2 Å². The topological polar surface area (TPSA) is 103 Å². The summed E-state index contributed by atoms with van der Waals surface area (Å²) >= 11 is 0. The van der Waals surface area contributed by atoms with Gasteiger partial charge in [0.1, 0.15) is 6.33 Å². The number of carbonyl (C=O) groups excluding carboxylic acids is 1. The highest BCUT2D eigenvalue weighted by Gasteiger charge is 2.20. The average molecular weight is 370 g/mol. The Hall–Kier alpha value is -3.01. The van der Waals surface area contributed by atoms with Crippen molar-refractivity contribution >= 4 is 28.3 Å². The highest BCUT2D eigenvalue weighted by molar-refractivity contribution is 6.06. The quantitative estimate of drug-likeness (QED) is 0.685. The van der Waals surface area contributed by atoms with Gasteiger partial charge in [0.25, 0.3) is 0 Å². The van der Waals surface area contributed by atoms with Gasteiger partial charge in [0, 0.05) is 33.1 Å². The van der Waals surface area contributed by atoms with E-state index in [0.29, 0.717) is 38.4 Å². The molecular formula is C17H22N8O2. The lowest BCUT2D eigenvalue weighted by Gasteiger charge is -2.29. The Kier molecular flexibility index (Phi) is 4.97. The van der Waals surface area contributed by atoms with Crippen LogP contribution in [-0.4, -0.2) is 62.2 Å². The van der Waals surface area contributed by atoms with Crippen LogP contribution in [0.15, 0.2) is 24.5 Å². The normalized spacial score (nSPS) is 14.6. The maximum absolute atomic E-state index is 12.4. The van der Waals surface area contributed by atoms with E-state index < -0.39 is 0 Å². The third-order valence-electron chi connectivity index (χ3n) is 4.65. The molecule has 0 saturated carbocycles. The Labute approximate surface area is 156 Å². The summed E-state index contributed by atoms with van der Waals surface area (Å²) in [5, 5.41) is 19.4. The van der Waals surface area contributed by atoms with Gasteiger partial charge in [-0.25, -0.2) is 4.68 Å². The Morgan fingerprint density at radius 3 is 2.93 bits per heavy atom.